The first-order valence-electron chi connectivity index (χ1n) is 7.53. The molecule has 1 saturated heterocycles. The van der Waals surface area contributed by atoms with Crippen LogP contribution in [-0.4, -0.2) is 43.0 Å². The van der Waals surface area contributed by atoms with Crippen molar-refractivity contribution in [1.29, 1.82) is 0 Å². The van der Waals surface area contributed by atoms with Crippen LogP contribution >= 0.6 is 11.3 Å². The van der Waals surface area contributed by atoms with Crippen LogP contribution in [0.15, 0.2) is 29.6 Å². The molecule has 2 aromatic rings. The van der Waals surface area contributed by atoms with Gasteiger partial charge in [-0.25, -0.2) is 0 Å². The molecule has 0 saturated carbocycles. The quantitative estimate of drug-likeness (QED) is 0.873. The molecule has 3 heterocycles. The van der Waals surface area contributed by atoms with Crippen LogP contribution in [0.2, 0.25) is 0 Å². The van der Waals surface area contributed by atoms with Crippen molar-refractivity contribution in [2.75, 3.05) is 32.1 Å². The Kier molecular flexibility index (Phi) is 4.16. The maximum absolute atomic E-state index is 12.4. The second-order valence-corrected chi connectivity index (χ2v) is 6.95. The predicted octanol–water partition coefficient (Wildman–Crippen LogP) is 3.15. The first-order chi connectivity index (χ1) is 10.5. The van der Waals surface area contributed by atoms with Crippen LogP contribution in [0, 0.1) is 6.92 Å². The van der Waals surface area contributed by atoms with E-state index in [9.17, 15) is 4.79 Å². The summed E-state index contributed by atoms with van der Waals surface area (Å²) in [7, 11) is 4.08. The number of likely N-dealkylation sites (tertiary alicyclic amines) is 1. The number of aryl methyl sites for hydroxylation is 1. The van der Waals surface area contributed by atoms with Crippen molar-refractivity contribution in [3.05, 3.63) is 45.9 Å². The summed E-state index contributed by atoms with van der Waals surface area (Å²) < 4.78 is 0. The minimum atomic E-state index is 0.151. The highest BCUT2D eigenvalue weighted by Crippen LogP contribution is 2.29. The van der Waals surface area contributed by atoms with Crippen LogP contribution < -0.4 is 4.90 Å². The van der Waals surface area contributed by atoms with E-state index in [0.717, 1.165) is 35.8 Å². The van der Waals surface area contributed by atoms with E-state index in [2.05, 4.69) is 17.0 Å². The van der Waals surface area contributed by atoms with E-state index < -0.39 is 0 Å². The average Bonchev–Trinajstić information content (AvgIpc) is 3.17. The standard InChI is InChI=1S/C17H21N3OS/c1-12-9-14(19(2)3)10-15(18-12)13-6-7-20(11-13)17(21)16-5-4-8-22-16/h4-5,8-10,13H,6-7,11H2,1-3H3/t13-/m0/s1. The Balaban J connectivity index is 1.77. The second kappa shape index (κ2) is 6.08. The van der Waals surface area contributed by atoms with E-state index in [-0.39, 0.29) is 5.91 Å². The Bertz CT molecular complexity index is 667. The molecule has 5 heteroatoms. The lowest BCUT2D eigenvalue weighted by atomic mass is 10.0. The number of aromatic nitrogens is 1. The first kappa shape index (κ1) is 15.0. The normalized spacial score (nSPS) is 17.8. The molecule has 0 spiro atoms. The lowest BCUT2D eigenvalue weighted by Gasteiger charge is -2.18. The predicted molar refractivity (Wildman–Crippen MR) is 90.9 cm³/mol. The molecule has 1 atom stereocenters. The molecular weight excluding hydrogens is 294 g/mol. The number of rotatable bonds is 3. The van der Waals surface area contributed by atoms with Crippen molar-refractivity contribution in [2.24, 2.45) is 0 Å². The number of carbonyl (C=O) groups excluding carboxylic acids is 1. The molecule has 0 aromatic carbocycles. The monoisotopic (exact) mass is 315 g/mol. The Morgan fingerprint density at radius 3 is 2.91 bits per heavy atom. The number of carbonyl (C=O) groups is 1. The highest BCUT2D eigenvalue weighted by Gasteiger charge is 2.29. The third-order valence-corrected chi connectivity index (χ3v) is 4.96. The maximum Gasteiger partial charge on any atom is 0.263 e. The van der Waals surface area contributed by atoms with Gasteiger partial charge in [-0.05, 0) is 36.9 Å². The minimum Gasteiger partial charge on any atom is -0.378 e. The summed E-state index contributed by atoms with van der Waals surface area (Å²) in [6, 6.07) is 8.07. The summed E-state index contributed by atoms with van der Waals surface area (Å²) >= 11 is 1.51. The molecule has 0 unspecified atom stereocenters. The van der Waals surface area contributed by atoms with Gasteiger partial charge in [0.1, 0.15) is 0 Å². The van der Waals surface area contributed by atoms with Crippen LogP contribution in [0.4, 0.5) is 5.69 Å². The molecule has 4 nitrogen and oxygen atoms in total. The molecule has 0 radical (unpaired) electrons. The third kappa shape index (κ3) is 2.99. The van der Waals surface area contributed by atoms with Crippen LogP contribution in [-0.2, 0) is 0 Å². The molecule has 22 heavy (non-hydrogen) atoms. The molecular formula is C17H21N3OS. The fraction of sp³-hybridized carbons (Fsp3) is 0.412. The number of hydrogen-bond donors (Lipinski definition) is 0. The molecule has 1 amide bonds. The fourth-order valence-corrected chi connectivity index (χ4v) is 3.58. The number of hydrogen-bond acceptors (Lipinski definition) is 4. The highest BCUT2D eigenvalue weighted by atomic mass is 32.1. The largest absolute Gasteiger partial charge is 0.378 e. The Labute approximate surface area is 135 Å². The molecule has 3 rings (SSSR count). The number of pyridine rings is 1. The summed E-state index contributed by atoms with van der Waals surface area (Å²) in [4.78, 5) is 22.0. The van der Waals surface area contributed by atoms with Crippen molar-refractivity contribution < 1.29 is 4.79 Å². The summed E-state index contributed by atoms with van der Waals surface area (Å²) in [5.74, 6) is 0.487. The molecule has 1 aliphatic heterocycles. The third-order valence-electron chi connectivity index (χ3n) is 4.10. The van der Waals surface area contributed by atoms with Crippen molar-refractivity contribution in [3.8, 4) is 0 Å². The van der Waals surface area contributed by atoms with Gasteiger partial charge in [0, 0.05) is 50.2 Å². The highest BCUT2D eigenvalue weighted by molar-refractivity contribution is 7.12. The Morgan fingerprint density at radius 2 is 2.23 bits per heavy atom. The number of nitrogens with zero attached hydrogens (tertiary/aromatic N) is 3. The van der Waals surface area contributed by atoms with Gasteiger partial charge in [-0.1, -0.05) is 6.07 Å². The van der Waals surface area contributed by atoms with Crippen molar-refractivity contribution in [3.63, 3.8) is 0 Å². The molecule has 0 N–H and O–H groups in total. The van der Waals surface area contributed by atoms with Crippen LogP contribution in [0.25, 0.3) is 0 Å². The minimum absolute atomic E-state index is 0.151. The van der Waals surface area contributed by atoms with Crippen LogP contribution in [0.1, 0.15) is 33.4 Å². The summed E-state index contributed by atoms with van der Waals surface area (Å²) in [6.45, 7) is 3.61. The van der Waals surface area contributed by atoms with Crippen molar-refractivity contribution in [2.45, 2.75) is 19.3 Å². The molecule has 0 aliphatic carbocycles. The first-order valence-corrected chi connectivity index (χ1v) is 8.41. The molecule has 1 fully saturated rings. The van der Waals surface area contributed by atoms with Gasteiger partial charge in [0.05, 0.1) is 4.88 Å². The summed E-state index contributed by atoms with van der Waals surface area (Å²) in [5, 5.41) is 1.95. The number of amides is 1. The van der Waals surface area contributed by atoms with E-state index >= 15 is 0 Å². The fourth-order valence-electron chi connectivity index (χ4n) is 2.88. The molecule has 0 bridgehead atoms. The van der Waals surface area contributed by atoms with Gasteiger partial charge in [0.15, 0.2) is 0 Å². The van der Waals surface area contributed by atoms with Gasteiger partial charge >= 0.3 is 0 Å². The van der Waals surface area contributed by atoms with E-state index in [1.165, 1.54) is 17.0 Å². The van der Waals surface area contributed by atoms with Gasteiger partial charge in [0.2, 0.25) is 0 Å². The van der Waals surface area contributed by atoms with E-state index in [4.69, 9.17) is 4.98 Å². The number of thiophene rings is 1. The average molecular weight is 315 g/mol. The zero-order chi connectivity index (χ0) is 15.7. The van der Waals surface area contributed by atoms with Crippen molar-refractivity contribution >= 4 is 22.9 Å². The smallest absolute Gasteiger partial charge is 0.263 e. The van der Waals surface area contributed by atoms with Gasteiger partial charge in [-0.3, -0.25) is 9.78 Å². The van der Waals surface area contributed by atoms with Crippen molar-refractivity contribution in [1.82, 2.24) is 9.88 Å². The van der Waals surface area contributed by atoms with Crippen LogP contribution in [0.3, 0.4) is 0 Å². The summed E-state index contributed by atoms with van der Waals surface area (Å²) in [5.41, 5.74) is 3.31. The Morgan fingerprint density at radius 1 is 1.41 bits per heavy atom. The lowest BCUT2D eigenvalue weighted by molar-refractivity contribution is 0.0795. The summed E-state index contributed by atoms with van der Waals surface area (Å²) in [6.07, 6.45) is 0.987. The zero-order valence-corrected chi connectivity index (χ0v) is 14.1. The topological polar surface area (TPSA) is 36.4 Å². The van der Waals surface area contributed by atoms with E-state index in [1.54, 1.807) is 0 Å². The molecule has 2 aromatic heterocycles. The van der Waals surface area contributed by atoms with Gasteiger partial charge in [-0.2, -0.15) is 0 Å². The van der Waals surface area contributed by atoms with E-state index in [1.807, 2.05) is 43.4 Å². The Hall–Kier alpha value is -1.88. The maximum atomic E-state index is 12.4. The van der Waals surface area contributed by atoms with E-state index in [0.29, 0.717) is 5.92 Å². The zero-order valence-electron chi connectivity index (χ0n) is 13.2. The molecule has 116 valence electrons. The van der Waals surface area contributed by atoms with Gasteiger partial charge in [0.25, 0.3) is 5.91 Å². The van der Waals surface area contributed by atoms with Gasteiger partial charge in [-0.15, -0.1) is 11.3 Å². The second-order valence-electron chi connectivity index (χ2n) is 6.00. The molecule has 1 aliphatic rings. The SMILES string of the molecule is Cc1cc(N(C)C)cc([C@H]2CCN(C(=O)c3cccs3)C2)n1. The number of anilines is 1. The lowest BCUT2D eigenvalue weighted by Crippen LogP contribution is -2.27. The van der Waals surface area contributed by atoms with Gasteiger partial charge < -0.3 is 9.80 Å². The van der Waals surface area contributed by atoms with Crippen LogP contribution in [0.5, 0.6) is 0 Å².